The van der Waals surface area contributed by atoms with Gasteiger partial charge in [-0.1, -0.05) is 6.07 Å². The molecule has 0 heterocycles. The second kappa shape index (κ2) is 5.72. The molecule has 1 fully saturated rings. The summed E-state index contributed by atoms with van der Waals surface area (Å²) in [5.74, 6) is 0.869. The summed E-state index contributed by atoms with van der Waals surface area (Å²) in [4.78, 5) is 0.302. The summed E-state index contributed by atoms with van der Waals surface area (Å²) in [7, 11) is -1.80. The summed E-state index contributed by atoms with van der Waals surface area (Å²) in [5.41, 5.74) is 0.894. The highest BCUT2D eigenvalue weighted by atomic mass is 79.9. The highest BCUT2D eigenvalue weighted by Crippen LogP contribution is 2.37. The highest BCUT2D eigenvalue weighted by molar-refractivity contribution is 9.10. The Morgan fingerprint density at radius 1 is 1.47 bits per heavy atom. The predicted molar refractivity (Wildman–Crippen MR) is 80.8 cm³/mol. The molecule has 0 bridgehead atoms. The molecular formula is C13H17BrClNO2S. The molecule has 1 aromatic rings. The van der Waals surface area contributed by atoms with Crippen LogP contribution in [0.2, 0.25) is 0 Å². The van der Waals surface area contributed by atoms with Crippen molar-refractivity contribution in [1.82, 2.24) is 4.31 Å². The van der Waals surface area contributed by atoms with Gasteiger partial charge in [-0.3, -0.25) is 0 Å². The smallest absolute Gasteiger partial charge is 0.207 e. The van der Waals surface area contributed by atoms with E-state index in [2.05, 4.69) is 15.9 Å². The number of sulfonamides is 1. The predicted octanol–water partition coefficient (Wildman–Crippen LogP) is 3.61. The van der Waals surface area contributed by atoms with E-state index in [1.165, 1.54) is 4.31 Å². The molecule has 1 atom stereocenters. The zero-order valence-electron chi connectivity index (χ0n) is 10.9. The Morgan fingerprint density at radius 3 is 2.58 bits per heavy atom. The number of hydrogen-bond donors (Lipinski definition) is 0. The lowest BCUT2D eigenvalue weighted by molar-refractivity contribution is 0.357. The zero-order chi connectivity index (χ0) is 14.2. The average molecular weight is 367 g/mol. The number of hydrogen-bond acceptors (Lipinski definition) is 2. The summed E-state index contributed by atoms with van der Waals surface area (Å²) in [6.45, 7) is 1.97. The van der Waals surface area contributed by atoms with Crippen LogP contribution in [-0.2, 0) is 15.9 Å². The highest BCUT2D eigenvalue weighted by Gasteiger charge is 2.36. The van der Waals surface area contributed by atoms with Crippen LogP contribution < -0.4 is 0 Å². The van der Waals surface area contributed by atoms with E-state index < -0.39 is 10.0 Å². The molecule has 19 heavy (non-hydrogen) atoms. The van der Waals surface area contributed by atoms with E-state index in [4.69, 9.17) is 11.6 Å². The Hall–Kier alpha value is -0.100. The molecule has 0 saturated heterocycles. The molecule has 2 rings (SSSR count). The fourth-order valence-corrected chi connectivity index (χ4v) is 4.76. The van der Waals surface area contributed by atoms with Crippen molar-refractivity contribution in [1.29, 1.82) is 0 Å². The van der Waals surface area contributed by atoms with Crippen molar-refractivity contribution in [3.05, 3.63) is 28.2 Å². The van der Waals surface area contributed by atoms with Gasteiger partial charge in [0.2, 0.25) is 10.0 Å². The fourth-order valence-electron chi connectivity index (χ4n) is 2.09. The van der Waals surface area contributed by atoms with Gasteiger partial charge < -0.3 is 0 Å². The lowest BCUT2D eigenvalue weighted by Crippen LogP contribution is -2.36. The molecule has 6 heteroatoms. The molecule has 0 N–H and O–H groups in total. The summed E-state index contributed by atoms with van der Waals surface area (Å²) >= 11 is 9.08. The Balaban J connectivity index is 2.33. The number of halogens is 2. The Morgan fingerprint density at radius 2 is 2.11 bits per heavy atom. The fraction of sp³-hybridized carbons (Fsp3) is 0.538. The SMILES string of the molecule is CC(C1CC1)N(C)S(=O)(=O)c1ccc(CCl)cc1Br. The normalized spacial score (nSPS) is 17.7. The lowest BCUT2D eigenvalue weighted by Gasteiger charge is -2.24. The molecule has 1 unspecified atom stereocenters. The molecule has 0 spiro atoms. The maximum absolute atomic E-state index is 12.6. The van der Waals surface area contributed by atoms with Crippen LogP contribution in [0.1, 0.15) is 25.3 Å². The van der Waals surface area contributed by atoms with Gasteiger partial charge in [0, 0.05) is 23.4 Å². The minimum Gasteiger partial charge on any atom is -0.207 e. The average Bonchev–Trinajstić information content (AvgIpc) is 3.20. The van der Waals surface area contributed by atoms with Gasteiger partial charge in [0.15, 0.2) is 0 Å². The van der Waals surface area contributed by atoms with Crippen LogP contribution in [-0.4, -0.2) is 25.8 Å². The van der Waals surface area contributed by atoms with Crippen molar-refractivity contribution >= 4 is 37.6 Å². The number of rotatable bonds is 5. The van der Waals surface area contributed by atoms with Crippen molar-refractivity contribution in [3.8, 4) is 0 Å². The van der Waals surface area contributed by atoms with E-state index in [9.17, 15) is 8.42 Å². The van der Waals surface area contributed by atoms with Gasteiger partial charge in [0.05, 0.1) is 4.90 Å². The van der Waals surface area contributed by atoms with Crippen LogP contribution in [0.5, 0.6) is 0 Å². The largest absolute Gasteiger partial charge is 0.244 e. The number of nitrogens with zero attached hydrogens (tertiary/aromatic N) is 1. The molecule has 3 nitrogen and oxygen atoms in total. The van der Waals surface area contributed by atoms with Crippen LogP contribution in [0.15, 0.2) is 27.6 Å². The first-order valence-electron chi connectivity index (χ1n) is 6.20. The molecule has 0 radical (unpaired) electrons. The maximum atomic E-state index is 12.6. The van der Waals surface area contributed by atoms with Crippen molar-refractivity contribution < 1.29 is 8.42 Å². The van der Waals surface area contributed by atoms with E-state index in [1.807, 2.05) is 6.92 Å². The minimum absolute atomic E-state index is 0.0459. The monoisotopic (exact) mass is 365 g/mol. The summed E-state index contributed by atoms with van der Waals surface area (Å²) in [5, 5.41) is 0. The molecular weight excluding hydrogens is 350 g/mol. The first-order valence-corrected chi connectivity index (χ1v) is 8.97. The molecule has 0 aromatic heterocycles. The lowest BCUT2D eigenvalue weighted by atomic mass is 10.2. The Bertz CT molecular complexity index is 572. The van der Waals surface area contributed by atoms with Gasteiger partial charge in [-0.2, -0.15) is 4.31 Å². The molecule has 1 saturated carbocycles. The van der Waals surface area contributed by atoms with E-state index in [-0.39, 0.29) is 6.04 Å². The van der Waals surface area contributed by atoms with Gasteiger partial charge in [-0.15, -0.1) is 11.6 Å². The van der Waals surface area contributed by atoms with Crippen LogP contribution in [0.25, 0.3) is 0 Å². The Kier molecular flexibility index (Phi) is 4.60. The quantitative estimate of drug-likeness (QED) is 0.747. The van der Waals surface area contributed by atoms with Crippen molar-refractivity contribution in [3.63, 3.8) is 0 Å². The third kappa shape index (κ3) is 3.15. The molecule has 0 amide bonds. The van der Waals surface area contributed by atoms with Crippen molar-refractivity contribution in [2.45, 2.75) is 36.6 Å². The summed E-state index contributed by atoms with van der Waals surface area (Å²) < 4.78 is 27.2. The molecule has 0 aliphatic heterocycles. The zero-order valence-corrected chi connectivity index (χ0v) is 14.1. The van der Waals surface area contributed by atoms with Crippen molar-refractivity contribution in [2.24, 2.45) is 5.92 Å². The molecule has 1 aromatic carbocycles. The van der Waals surface area contributed by atoms with Gasteiger partial charge in [0.1, 0.15) is 0 Å². The van der Waals surface area contributed by atoms with Gasteiger partial charge in [-0.05, 0) is 59.3 Å². The van der Waals surface area contributed by atoms with Crippen molar-refractivity contribution in [2.75, 3.05) is 7.05 Å². The second-order valence-corrected chi connectivity index (χ2v) is 8.09. The summed E-state index contributed by atoms with van der Waals surface area (Å²) in [6.07, 6.45) is 2.24. The van der Waals surface area contributed by atoms with Crippen LogP contribution in [0.3, 0.4) is 0 Å². The molecule has 1 aliphatic rings. The van der Waals surface area contributed by atoms with Gasteiger partial charge in [0.25, 0.3) is 0 Å². The van der Waals surface area contributed by atoms with Crippen LogP contribution in [0.4, 0.5) is 0 Å². The van der Waals surface area contributed by atoms with E-state index >= 15 is 0 Å². The van der Waals surface area contributed by atoms with E-state index in [0.717, 1.165) is 18.4 Å². The third-order valence-electron chi connectivity index (χ3n) is 3.69. The molecule has 106 valence electrons. The second-order valence-electron chi connectivity index (χ2n) is 5.00. The molecule has 1 aliphatic carbocycles. The number of alkyl halides is 1. The first-order chi connectivity index (χ1) is 8.87. The first kappa shape index (κ1) is 15.3. The van der Waals surface area contributed by atoms with Crippen LogP contribution in [0, 0.1) is 5.92 Å². The topological polar surface area (TPSA) is 37.4 Å². The van der Waals surface area contributed by atoms with Crippen LogP contribution >= 0.6 is 27.5 Å². The maximum Gasteiger partial charge on any atom is 0.244 e. The number of benzene rings is 1. The van der Waals surface area contributed by atoms with E-state index in [1.54, 1.807) is 25.2 Å². The Labute approximate surface area is 128 Å². The minimum atomic E-state index is -3.46. The van der Waals surface area contributed by atoms with Gasteiger partial charge in [-0.25, -0.2) is 8.42 Å². The van der Waals surface area contributed by atoms with E-state index in [0.29, 0.717) is 21.2 Å². The standard InChI is InChI=1S/C13H17BrClNO2S/c1-9(11-4-5-11)16(2)19(17,18)13-6-3-10(8-15)7-12(13)14/h3,6-7,9,11H,4-5,8H2,1-2H3. The van der Waals surface area contributed by atoms with Gasteiger partial charge >= 0.3 is 0 Å². The summed E-state index contributed by atoms with van der Waals surface area (Å²) in [6, 6.07) is 5.17. The third-order valence-corrected chi connectivity index (χ3v) is 6.92.